The van der Waals surface area contributed by atoms with Crippen molar-refractivity contribution in [2.45, 2.75) is 52.5 Å². The third-order valence-corrected chi connectivity index (χ3v) is 7.87. The van der Waals surface area contributed by atoms with Crippen molar-refractivity contribution in [2.24, 2.45) is 0 Å². The second-order valence-electron chi connectivity index (χ2n) is 10.5. The number of aromatic nitrogens is 5. The molecule has 1 atom stereocenters. The second-order valence-corrected chi connectivity index (χ2v) is 10.9. The van der Waals surface area contributed by atoms with E-state index in [-0.39, 0.29) is 39.6 Å². The predicted octanol–water partition coefficient (Wildman–Crippen LogP) is 4.86. The van der Waals surface area contributed by atoms with Crippen LogP contribution in [0.5, 0.6) is 5.75 Å². The fourth-order valence-corrected chi connectivity index (χ4v) is 5.85. The quantitative estimate of drug-likeness (QED) is 0.283. The van der Waals surface area contributed by atoms with Crippen molar-refractivity contribution in [1.82, 2.24) is 29.4 Å². The molecular weight excluding hydrogens is 573 g/mol. The molecule has 1 fully saturated rings. The fraction of sp³-hybridized carbons (Fsp3) is 0.355. The van der Waals surface area contributed by atoms with Crippen LogP contribution < -0.4 is 10.6 Å². The molecule has 3 aromatic heterocycles. The number of carbonyl (C=O) groups excluding carboxylic acids is 1. The van der Waals surface area contributed by atoms with Crippen LogP contribution in [0.2, 0.25) is 5.02 Å². The highest BCUT2D eigenvalue weighted by atomic mass is 35.5. The number of phenolic OH excluding ortho intramolecular Hbond substituents is 1. The van der Waals surface area contributed by atoms with Crippen molar-refractivity contribution in [3.05, 3.63) is 76.0 Å². The minimum atomic E-state index is -0.713. The highest BCUT2D eigenvalue weighted by Crippen LogP contribution is 2.39. The number of piperazine rings is 1. The van der Waals surface area contributed by atoms with Gasteiger partial charge in [-0.1, -0.05) is 50.9 Å². The summed E-state index contributed by atoms with van der Waals surface area (Å²) in [7, 11) is 0. The molecule has 1 N–H and O–H groups in total. The van der Waals surface area contributed by atoms with E-state index in [0.29, 0.717) is 60.8 Å². The van der Waals surface area contributed by atoms with E-state index in [9.17, 15) is 14.7 Å². The summed E-state index contributed by atoms with van der Waals surface area (Å²) < 4.78 is 16.5. The van der Waals surface area contributed by atoms with Gasteiger partial charge in [0.05, 0.1) is 38.7 Å². The van der Waals surface area contributed by atoms with Gasteiger partial charge in [-0.25, -0.2) is 28.7 Å². The zero-order valence-corrected chi connectivity index (χ0v) is 25.1. The molecule has 1 aromatic carbocycles. The molecule has 1 saturated heterocycles. The maximum atomic E-state index is 15.1. The van der Waals surface area contributed by atoms with E-state index >= 15 is 4.39 Å². The Hall–Kier alpha value is -4.38. The van der Waals surface area contributed by atoms with Crippen LogP contribution in [0.1, 0.15) is 45.0 Å². The van der Waals surface area contributed by atoms with Crippen LogP contribution in [0.15, 0.2) is 48.0 Å². The van der Waals surface area contributed by atoms with Crippen molar-refractivity contribution in [1.29, 1.82) is 0 Å². The van der Waals surface area contributed by atoms with Gasteiger partial charge in [0, 0.05) is 25.7 Å². The van der Waals surface area contributed by atoms with Gasteiger partial charge in [-0.15, -0.1) is 0 Å². The highest BCUT2D eigenvalue weighted by Gasteiger charge is 2.31. The Bertz CT molecular complexity index is 1730. The third kappa shape index (κ3) is 5.56. The van der Waals surface area contributed by atoms with Gasteiger partial charge in [-0.05, 0) is 44.0 Å². The molecule has 0 saturated carbocycles. The van der Waals surface area contributed by atoms with Crippen molar-refractivity contribution >= 4 is 34.4 Å². The SMILES string of the molecule is C=CC(=O)N1CCN(c2nc(=O)n(-c3c(CCC)ncnc3CCC)c3nc(-c4c(O)cccc4F)c(Cl)cc23)C(C)C1. The Balaban J connectivity index is 1.84. The molecule has 1 unspecified atom stereocenters. The Kier molecular flexibility index (Phi) is 8.72. The maximum absolute atomic E-state index is 15.1. The van der Waals surface area contributed by atoms with E-state index in [0.717, 1.165) is 12.8 Å². The summed E-state index contributed by atoms with van der Waals surface area (Å²) in [5.41, 5.74) is 1.19. The van der Waals surface area contributed by atoms with Crippen LogP contribution >= 0.6 is 11.6 Å². The normalized spacial score (nSPS) is 15.2. The lowest BCUT2D eigenvalue weighted by molar-refractivity contribution is -0.126. The first-order valence-electron chi connectivity index (χ1n) is 14.3. The van der Waals surface area contributed by atoms with Gasteiger partial charge >= 0.3 is 5.69 Å². The summed E-state index contributed by atoms with van der Waals surface area (Å²) in [5, 5.41) is 11.1. The number of pyridine rings is 1. The lowest BCUT2D eigenvalue weighted by Crippen LogP contribution is -2.54. The lowest BCUT2D eigenvalue weighted by atomic mass is 10.1. The number of aromatic hydroxyl groups is 1. The number of anilines is 1. The summed E-state index contributed by atoms with van der Waals surface area (Å²) in [6, 6.07) is 5.33. The molecule has 0 aliphatic carbocycles. The predicted molar refractivity (Wildman–Crippen MR) is 164 cm³/mol. The number of halogens is 2. The molecule has 0 spiro atoms. The molecule has 1 amide bonds. The zero-order valence-electron chi connectivity index (χ0n) is 24.3. The smallest absolute Gasteiger partial charge is 0.355 e. The van der Waals surface area contributed by atoms with Gasteiger partial charge in [-0.3, -0.25) is 4.79 Å². The van der Waals surface area contributed by atoms with Crippen molar-refractivity contribution in [3.8, 4) is 22.7 Å². The second kappa shape index (κ2) is 12.5. The van der Waals surface area contributed by atoms with Crippen molar-refractivity contribution in [3.63, 3.8) is 0 Å². The minimum Gasteiger partial charge on any atom is -0.507 e. The van der Waals surface area contributed by atoms with Crippen LogP contribution in [0.25, 0.3) is 28.0 Å². The number of phenols is 1. The summed E-state index contributed by atoms with van der Waals surface area (Å²) in [6.07, 6.45) is 5.47. The molecule has 10 nitrogen and oxygen atoms in total. The number of aryl methyl sites for hydroxylation is 2. The number of hydrogen-bond acceptors (Lipinski definition) is 8. The average Bonchev–Trinajstić information content (AvgIpc) is 2.98. The Morgan fingerprint density at radius 1 is 1.16 bits per heavy atom. The van der Waals surface area contributed by atoms with E-state index in [1.165, 1.54) is 35.2 Å². The molecule has 12 heteroatoms. The third-order valence-electron chi connectivity index (χ3n) is 7.59. The lowest BCUT2D eigenvalue weighted by Gasteiger charge is -2.40. The summed E-state index contributed by atoms with van der Waals surface area (Å²) in [5.74, 6) is -0.876. The first-order chi connectivity index (χ1) is 20.7. The summed E-state index contributed by atoms with van der Waals surface area (Å²) in [4.78, 5) is 48.4. The van der Waals surface area contributed by atoms with Crippen molar-refractivity contribution < 1.29 is 14.3 Å². The van der Waals surface area contributed by atoms with Gasteiger partial charge in [0.2, 0.25) is 5.91 Å². The van der Waals surface area contributed by atoms with Crippen LogP contribution in [0.4, 0.5) is 10.2 Å². The number of rotatable bonds is 8. The number of amides is 1. The summed E-state index contributed by atoms with van der Waals surface area (Å²) >= 11 is 6.75. The number of benzene rings is 1. The van der Waals surface area contributed by atoms with Gasteiger partial charge in [0.25, 0.3) is 0 Å². The van der Waals surface area contributed by atoms with E-state index in [2.05, 4.69) is 21.5 Å². The minimum absolute atomic E-state index is 0.0181. The first-order valence-corrected chi connectivity index (χ1v) is 14.7. The molecule has 224 valence electrons. The van der Waals surface area contributed by atoms with Gasteiger partial charge in [-0.2, -0.15) is 4.98 Å². The molecule has 5 rings (SSSR count). The Labute approximate surface area is 253 Å². The monoisotopic (exact) mass is 605 g/mol. The van der Waals surface area contributed by atoms with E-state index < -0.39 is 11.5 Å². The molecule has 0 bridgehead atoms. The molecule has 1 aliphatic rings. The molecule has 1 aliphatic heterocycles. The maximum Gasteiger partial charge on any atom is 0.355 e. The highest BCUT2D eigenvalue weighted by molar-refractivity contribution is 6.34. The molecular formula is C31H33ClFN7O3. The average molecular weight is 606 g/mol. The number of hydrogen-bond donors (Lipinski definition) is 1. The number of carbonyl (C=O) groups is 1. The van der Waals surface area contributed by atoms with E-state index in [4.69, 9.17) is 16.6 Å². The van der Waals surface area contributed by atoms with Gasteiger partial charge in [0.1, 0.15) is 23.7 Å². The topological polar surface area (TPSA) is 117 Å². The number of fused-ring (bicyclic) bond motifs is 1. The van der Waals surface area contributed by atoms with Gasteiger partial charge in [0.15, 0.2) is 5.65 Å². The fourth-order valence-electron chi connectivity index (χ4n) is 5.60. The molecule has 4 heterocycles. The number of nitrogens with zero attached hydrogens (tertiary/aromatic N) is 7. The zero-order chi connectivity index (χ0) is 30.8. The van der Waals surface area contributed by atoms with E-state index in [1.54, 1.807) is 11.0 Å². The van der Waals surface area contributed by atoms with Gasteiger partial charge < -0.3 is 14.9 Å². The van der Waals surface area contributed by atoms with Crippen LogP contribution in [0.3, 0.4) is 0 Å². The Morgan fingerprint density at radius 2 is 1.86 bits per heavy atom. The summed E-state index contributed by atoms with van der Waals surface area (Å²) in [6.45, 7) is 10.8. The molecule has 43 heavy (non-hydrogen) atoms. The van der Waals surface area contributed by atoms with Crippen LogP contribution in [-0.2, 0) is 17.6 Å². The van der Waals surface area contributed by atoms with Crippen molar-refractivity contribution in [2.75, 3.05) is 24.5 Å². The largest absolute Gasteiger partial charge is 0.507 e. The standard InChI is InChI=1S/C31H33ClFN7O3/c1-5-9-22-28(23(10-6-2)35-17-34-22)40-30-19(15-20(32)27(36-30)26-21(33)11-8-12-24(26)41)29(37-31(40)43)39-14-13-38(16-18(39)4)25(42)7-3/h7-8,11-12,15,17-18,41H,3,5-6,9-10,13-14,16H2,1-2,4H3. The van der Waals surface area contributed by atoms with Crippen LogP contribution in [-0.4, -0.2) is 66.1 Å². The molecule has 0 radical (unpaired) electrons. The Morgan fingerprint density at radius 3 is 2.47 bits per heavy atom. The first kappa shape index (κ1) is 30.1. The molecule has 4 aromatic rings. The van der Waals surface area contributed by atoms with Crippen LogP contribution in [0, 0.1) is 5.82 Å². The van der Waals surface area contributed by atoms with E-state index in [1.807, 2.05) is 25.7 Å².